The molecule has 1 rings (SSSR count). The molecule has 1 aromatic rings. The van der Waals surface area contributed by atoms with Crippen molar-refractivity contribution in [3.05, 3.63) is 21.0 Å². The lowest BCUT2D eigenvalue weighted by atomic mass is 10.3. The standard InChI is InChI=1S/C11H16BrN3O4/c1-7(11(17)19-3)14-8-6-13-15(4-5-18-2)10(16)9(8)12/h6-7,14H,4-5H2,1-3H3. The van der Waals surface area contributed by atoms with Crippen LogP contribution in [-0.2, 0) is 20.8 Å². The van der Waals surface area contributed by atoms with E-state index < -0.39 is 12.0 Å². The Morgan fingerprint density at radius 1 is 1.58 bits per heavy atom. The summed E-state index contributed by atoms with van der Waals surface area (Å²) < 4.78 is 11.1. The van der Waals surface area contributed by atoms with E-state index in [-0.39, 0.29) is 5.56 Å². The van der Waals surface area contributed by atoms with Gasteiger partial charge in [-0.05, 0) is 22.9 Å². The van der Waals surface area contributed by atoms with Crippen LogP contribution in [0.1, 0.15) is 6.92 Å². The number of halogens is 1. The van der Waals surface area contributed by atoms with Crippen LogP contribution in [0.5, 0.6) is 0 Å². The molecule has 1 atom stereocenters. The number of hydrogen-bond donors (Lipinski definition) is 1. The first-order chi connectivity index (χ1) is 9.01. The van der Waals surface area contributed by atoms with Gasteiger partial charge in [-0.1, -0.05) is 0 Å². The third kappa shape index (κ3) is 4.03. The maximum atomic E-state index is 12.0. The number of ether oxygens (including phenoxy) is 2. The Morgan fingerprint density at radius 2 is 2.26 bits per heavy atom. The maximum Gasteiger partial charge on any atom is 0.327 e. The van der Waals surface area contributed by atoms with E-state index in [1.165, 1.54) is 18.0 Å². The molecule has 0 bridgehead atoms. The van der Waals surface area contributed by atoms with E-state index in [4.69, 9.17) is 4.74 Å². The summed E-state index contributed by atoms with van der Waals surface area (Å²) in [6.07, 6.45) is 1.47. The summed E-state index contributed by atoms with van der Waals surface area (Å²) in [5.41, 5.74) is 0.149. The molecule has 0 amide bonds. The van der Waals surface area contributed by atoms with Gasteiger partial charge >= 0.3 is 5.97 Å². The number of nitrogens with zero attached hydrogens (tertiary/aromatic N) is 2. The highest BCUT2D eigenvalue weighted by atomic mass is 79.9. The largest absolute Gasteiger partial charge is 0.467 e. The highest BCUT2D eigenvalue weighted by Gasteiger charge is 2.16. The third-order valence-electron chi connectivity index (χ3n) is 2.42. The van der Waals surface area contributed by atoms with Crippen LogP contribution in [0, 0.1) is 0 Å². The average Bonchev–Trinajstić information content (AvgIpc) is 2.42. The van der Waals surface area contributed by atoms with E-state index in [1.54, 1.807) is 14.0 Å². The predicted octanol–water partition coefficient (Wildman–Crippen LogP) is 0.626. The van der Waals surface area contributed by atoms with E-state index in [1.807, 2.05) is 0 Å². The number of anilines is 1. The zero-order valence-corrected chi connectivity index (χ0v) is 12.6. The molecule has 0 saturated carbocycles. The molecule has 0 spiro atoms. The number of aromatic nitrogens is 2. The van der Waals surface area contributed by atoms with Crippen molar-refractivity contribution < 1.29 is 14.3 Å². The first-order valence-corrected chi connectivity index (χ1v) is 6.39. The summed E-state index contributed by atoms with van der Waals surface area (Å²) in [7, 11) is 2.85. The van der Waals surface area contributed by atoms with Crippen molar-refractivity contribution in [3.8, 4) is 0 Å². The van der Waals surface area contributed by atoms with Crippen LogP contribution in [0.3, 0.4) is 0 Å². The lowest BCUT2D eigenvalue weighted by molar-refractivity contribution is -0.141. The van der Waals surface area contributed by atoms with Gasteiger partial charge in [-0.15, -0.1) is 0 Å². The molecule has 1 heterocycles. The summed E-state index contributed by atoms with van der Waals surface area (Å²) in [5.74, 6) is -0.421. The fraction of sp³-hybridized carbons (Fsp3) is 0.545. The number of methoxy groups -OCH3 is 2. The number of rotatable bonds is 6. The SMILES string of the molecule is COCCn1ncc(NC(C)C(=O)OC)c(Br)c1=O. The second-order valence-electron chi connectivity index (χ2n) is 3.78. The second kappa shape index (κ2) is 7.25. The first-order valence-electron chi connectivity index (χ1n) is 5.60. The molecule has 0 radical (unpaired) electrons. The normalized spacial score (nSPS) is 12.0. The molecule has 0 aliphatic heterocycles. The molecule has 1 unspecified atom stereocenters. The molecule has 106 valence electrons. The zero-order chi connectivity index (χ0) is 14.4. The summed E-state index contributed by atoms with van der Waals surface area (Å²) in [6, 6.07) is -0.572. The van der Waals surface area contributed by atoms with Gasteiger partial charge in [-0.25, -0.2) is 9.48 Å². The highest BCUT2D eigenvalue weighted by molar-refractivity contribution is 9.10. The number of esters is 1. The van der Waals surface area contributed by atoms with Gasteiger partial charge < -0.3 is 14.8 Å². The van der Waals surface area contributed by atoms with Crippen LogP contribution in [0.25, 0.3) is 0 Å². The number of carbonyl (C=O) groups excluding carboxylic acids is 1. The quantitative estimate of drug-likeness (QED) is 0.769. The minimum atomic E-state index is -0.572. The Bertz CT molecular complexity index is 503. The zero-order valence-electron chi connectivity index (χ0n) is 11.0. The highest BCUT2D eigenvalue weighted by Crippen LogP contribution is 2.17. The smallest absolute Gasteiger partial charge is 0.327 e. The molecule has 1 aromatic heterocycles. The van der Waals surface area contributed by atoms with Crippen LogP contribution in [0.15, 0.2) is 15.5 Å². The van der Waals surface area contributed by atoms with Crippen molar-refractivity contribution in [2.24, 2.45) is 0 Å². The van der Waals surface area contributed by atoms with E-state index in [9.17, 15) is 9.59 Å². The van der Waals surface area contributed by atoms with Crippen LogP contribution >= 0.6 is 15.9 Å². The topological polar surface area (TPSA) is 82.4 Å². The van der Waals surface area contributed by atoms with Gasteiger partial charge in [0.1, 0.15) is 10.5 Å². The minimum Gasteiger partial charge on any atom is -0.467 e. The molecule has 0 aliphatic rings. The molecule has 0 aliphatic carbocycles. The first kappa shape index (κ1) is 15.6. The molecule has 7 nitrogen and oxygen atoms in total. The molecular weight excluding hydrogens is 318 g/mol. The van der Waals surface area contributed by atoms with E-state index in [2.05, 4.69) is 31.1 Å². The Morgan fingerprint density at radius 3 is 2.84 bits per heavy atom. The minimum absolute atomic E-state index is 0.292. The summed E-state index contributed by atoms with van der Waals surface area (Å²) >= 11 is 3.19. The molecule has 1 N–H and O–H groups in total. The van der Waals surface area contributed by atoms with Crippen molar-refractivity contribution in [1.82, 2.24) is 9.78 Å². The number of hydrogen-bond acceptors (Lipinski definition) is 6. The van der Waals surface area contributed by atoms with Gasteiger partial charge in [0, 0.05) is 7.11 Å². The molecule has 0 saturated heterocycles. The average molecular weight is 334 g/mol. The lowest BCUT2D eigenvalue weighted by Crippen LogP contribution is -2.30. The van der Waals surface area contributed by atoms with Gasteiger partial charge in [-0.3, -0.25) is 4.79 Å². The number of carbonyl (C=O) groups is 1. The van der Waals surface area contributed by atoms with Crippen LogP contribution in [-0.4, -0.2) is 42.6 Å². The van der Waals surface area contributed by atoms with Crippen molar-refractivity contribution in [2.75, 3.05) is 26.1 Å². The molecular formula is C11H16BrN3O4. The lowest BCUT2D eigenvalue weighted by Gasteiger charge is -2.14. The third-order valence-corrected chi connectivity index (χ3v) is 3.19. The Balaban J connectivity index is 2.90. The fourth-order valence-corrected chi connectivity index (χ4v) is 1.79. The summed E-state index contributed by atoms with van der Waals surface area (Å²) in [5, 5.41) is 6.85. The predicted molar refractivity (Wildman–Crippen MR) is 73.2 cm³/mol. The van der Waals surface area contributed by atoms with E-state index in [0.29, 0.717) is 23.3 Å². The van der Waals surface area contributed by atoms with Crippen LogP contribution in [0.4, 0.5) is 5.69 Å². The van der Waals surface area contributed by atoms with Gasteiger partial charge in [0.15, 0.2) is 0 Å². The molecule has 0 aromatic carbocycles. The van der Waals surface area contributed by atoms with Crippen LogP contribution in [0.2, 0.25) is 0 Å². The fourth-order valence-electron chi connectivity index (χ4n) is 1.37. The monoisotopic (exact) mass is 333 g/mol. The number of nitrogens with one attached hydrogen (secondary N) is 1. The van der Waals surface area contributed by atoms with Crippen molar-refractivity contribution in [2.45, 2.75) is 19.5 Å². The Hall–Kier alpha value is -1.41. The maximum absolute atomic E-state index is 12.0. The Kier molecular flexibility index (Phi) is 5.97. The van der Waals surface area contributed by atoms with Crippen LogP contribution < -0.4 is 10.9 Å². The second-order valence-corrected chi connectivity index (χ2v) is 4.58. The van der Waals surface area contributed by atoms with Crippen molar-refractivity contribution in [1.29, 1.82) is 0 Å². The summed E-state index contributed by atoms with van der Waals surface area (Å²) in [6.45, 7) is 2.39. The van der Waals surface area contributed by atoms with Crippen molar-refractivity contribution >= 4 is 27.6 Å². The van der Waals surface area contributed by atoms with Gasteiger partial charge in [0.25, 0.3) is 5.56 Å². The van der Waals surface area contributed by atoms with E-state index >= 15 is 0 Å². The van der Waals surface area contributed by atoms with Gasteiger partial charge in [0.05, 0.1) is 32.1 Å². The molecule has 19 heavy (non-hydrogen) atoms. The summed E-state index contributed by atoms with van der Waals surface area (Å²) in [4.78, 5) is 23.3. The van der Waals surface area contributed by atoms with Crippen molar-refractivity contribution in [3.63, 3.8) is 0 Å². The van der Waals surface area contributed by atoms with Gasteiger partial charge in [0.2, 0.25) is 0 Å². The molecule has 8 heteroatoms. The Labute approximate surface area is 119 Å². The van der Waals surface area contributed by atoms with Gasteiger partial charge in [-0.2, -0.15) is 5.10 Å². The molecule has 0 fully saturated rings. The van der Waals surface area contributed by atoms with E-state index in [0.717, 1.165) is 0 Å².